The Morgan fingerprint density at radius 2 is 1.79 bits per heavy atom. The normalized spacial score (nSPS) is 11.9. The lowest BCUT2D eigenvalue weighted by Gasteiger charge is -2.24. The molecule has 0 aliphatic rings. The second-order valence-electron chi connectivity index (χ2n) is 7.92. The van der Waals surface area contributed by atoms with Crippen molar-refractivity contribution in [2.45, 2.75) is 31.9 Å². The van der Waals surface area contributed by atoms with Gasteiger partial charge in [0.25, 0.3) is 0 Å². The molecular weight excluding hydrogens is 434 g/mol. The summed E-state index contributed by atoms with van der Waals surface area (Å²) in [7, 11) is 4.68. The summed E-state index contributed by atoms with van der Waals surface area (Å²) in [6, 6.07) is 13.8. The van der Waals surface area contributed by atoms with Crippen LogP contribution in [0.15, 0.2) is 59.6 Å². The average molecular weight is 468 g/mol. The van der Waals surface area contributed by atoms with Gasteiger partial charge in [-0.15, -0.1) is 6.58 Å². The van der Waals surface area contributed by atoms with Gasteiger partial charge in [-0.05, 0) is 30.5 Å². The number of hydrogen-bond donors (Lipinski definition) is 1. The number of ether oxygens (including phenoxy) is 3. The number of aliphatic hydroxyl groups is 1. The maximum atomic E-state index is 10.4. The highest BCUT2D eigenvalue weighted by Gasteiger charge is 2.18. The monoisotopic (exact) mass is 467 g/mol. The van der Waals surface area contributed by atoms with E-state index < -0.39 is 6.10 Å². The first kappa shape index (κ1) is 25.3. The van der Waals surface area contributed by atoms with Gasteiger partial charge in [-0.25, -0.2) is 0 Å². The van der Waals surface area contributed by atoms with Crippen LogP contribution in [0.1, 0.15) is 24.3 Å². The number of hydrogen-bond acceptors (Lipinski definition) is 8. The van der Waals surface area contributed by atoms with Gasteiger partial charge >= 0.3 is 0 Å². The highest BCUT2D eigenvalue weighted by molar-refractivity contribution is 5.66. The molecule has 1 heterocycles. The zero-order valence-corrected chi connectivity index (χ0v) is 20.1. The van der Waals surface area contributed by atoms with E-state index in [1.807, 2.05) is 24.3 Å². The topological polar surface area (TPSA) is 90.1 Å². The molecule has 1 atom stereocenters. The first-order valence-electron chi connectivity index (χ1n) is 11.3. The summed E-state index contributed by atoms with van der Waals surface area (Å²) < 4.78 is 21.7. The third-order valence-electron chi connectivity index (χ3n) is 5.45. The molecule has 0 aliphatic heterocycles. The molecule has 3 aromatic rings. The summed E-state index contributed by atoms with van der Waals surface area (Å²) in [4.78, 5) is 6.76. The second kappa shape index (κ2) is 12.8. The molecule has 1 aromatic heterocycles. The van der Waals surface area contributed by atoms with Crippen LogP contribution in [0.25, 0.3) is 11.4 Å². The van der Waals surface area contributed by atoms with Crippen LogP contribution in [-0.2, 0) is 13.0 Å². The molecule has 0 saturated heterocycles. The third-order valence-corrected chi connectivity index (χ3v) is 5.45. The SMILES string of the molecule is C=CCCC(O)CN(CCc1nc(-c2cc(OC)c(OC)c(OC)c2)no1)Cc1ccccc1. The Hall–Kier alpha value is -3.36. The van der Waals surface area contributed by atoms with Gasteiger partial charge in [-0.1, -0.05) is 41.6 Å². The van der Waals surface area contributed by atoms with E-state index in [9.17, 15) is 5.11 Å². The van der Waals surface area contributed by atoms with Crippen molar-refractivity contribution < 1.29 is 23.8 Å². The van der Waals surface area contributed by atoms with Gasteiger partial charge < -0.3 is 23.8 Å². The fourth-order valence-electron chi connectivity index (χ4n) is 3.71. The van der Waals surface area contributed by atoms with Crippen LogP contribution in [-0.4, -0.2) is 60.7 Å². The Balaban J connectivity index is 1.72. The molecule has 0 spiro atoms. The average Bonchev–Trinajstić information content (AvgIpc) is 3.34. The largest absolute Gasteiger partial charge is 0.493 e. The maximum Gasteiger partial charge on any atom is 0.228 e. The number of allylic oxidation sites excluding steroid dienone is 1. The molecule has 0 saturated carbocycles. The fraction of sp³-hybridized carbons (Fsp3) is 0.385. The van der Waals surface area contributed by atoms with Crippen molar-refractivity contribution in [3.05, 3.63) is 66.6 Å². The molecule has 182 valence electrons. The van der Waals surface area contributed by atoms with Gasteiger partial charge in [0.05, 0.1) is 27.4 Å². The van der Waals surface area contributed by atoms with Crippen molar-refractivity contribution in [2.24, 2.45) is 0 Å². The zero-order valence-electron chi connectivity index (χ0n) is 20.1. The minimum atomic E-state index is -0.431. The van der Waals surface area contributed by atoms with Gasteiger partial charge in [-0.2, -0.15) is 4.98 Å². The molecule has 0 aliphatic carbocycles. The maximum absolute atomic E-state index is 10.4. The lowest BCUT2D eigenvalue weighted by atomic mass is 10.1. The van der Waals surface area contributed by atoms with E-state index in [1.54, 1.807) is 33.5 Å². The highest BCUT2D eigenvalue weighted by Crippen LogP contribution is 2.40. The van der Waals surface area contributed by atoms with Crippen LogP contribution in [0, 0.1) is 0 Å². The van der Waals surface area contributed by atoms with E-state index in [0.29, 0.717) is 60.5 Å². The van der Waals surface area contributed by atoms with Crippen LogP contribution in [0.4, 0.5) is 0 Å². The van der Waals surface area contributed by atoms with Crippen molar-refractivity contribution in [3.8, 4) is 28.6 Å². The van der Waals surface area contributed by atoms with E-state index in [0.717, 1.165) is 13.0 Å². The van der Waals surface area contributed by atoms with Crippen molar-refractivity contribution in [3.63, 3.8) is 0 Å². The van der Waals surface area contributed by atoms with Crippen molar-refractivity contribution >= 4 is 0 Å². The number of nitrogens with zero attached hydrogens (tertiary/aromatic N) is 3. The summed E-state index contributed by atoms with van der Waals surface area (Å²) in [6.07, 6.45) is 3.41. The standard InChI is InChI=1S/C26H33N3O5/c1-5-6-12-21(30)18-29(17-19-10-8-7-9-11-19)14-13-24-27-26(28-34-24)20-15-22(31-2)25(33-4)23(16-20)32-3/h5,7-11,15-16,21,30H,1,6,12-14,17-18H2,2-4H3. The van der Waals surface area contributed by atoms with E-state index in [1.165, 1.54) is 5.56 Å². The highest BCUT2D eigenvalue weighted by atomic mass is 16.5. The molecule has 8 heteroatoms. The Bertz CT molecular complexity index is 1010. The molecule has 1 N–H and O–H groups in total. The number of benzene rings is 2. The Labute approximate surface area is 200 Å². The predicted molar refractivity (Wildman–Crippen MR) is 130 cm³/mol. The van der Waals surface area contributed by atoms with Crippen molar-refractivity contribution in [1.29, 1.82) is 0 Å². The fourth-order valence-corrected chi connectivity index (χ4v) is 3.71. The molecule has 2 aromatic carbocycles. The molecule has 0 fully saturated rings. The number of aromatic nitrogens is 2. The first-order chi connectivity index (χ1) is 16.6. The van der Waals surface area contributed by atoms with E-state index >= 15 is 0 Å². The quantitative estimate of drug-likeness (QED) is 0.354. The number of methoxy groups -OCH3 is 3. The minimum absolute atomic E-state index is 0.431. The molecule has 8 nitrogen and oxygen atoms in total. The predicted octanol–water partition coefficient (Wildman–Crippen LogP) is 4.13. The van der Waals surface area contributed by atoms with Gasteiger partial charge in [0.1, 0.15) is 0 Å². The van der Waals surface area contributed by atoms with Crippen LogP contribution >= 0.6 is 0 Å². The summed E-state index contributed by atoms with van der Waals surface area (Å²) >= 11 is 0. The molecular formula is C26H33N3O5. The smallest absolute Gasteiger partial charge is 0.228 e. The molecule has 1 unspecified atom stereocenters. The molecule has 34 heavy (non-hydrogen) atoms. The van der Waals surface area contributed by atoms with Gasteiger partial charge in [-0.3, -0.25) is 4.90 Å². The molecule has 3 rings (SSSR count). The third kappa shape index (κ3) is 6.82. The molecule has 0 amide bonds. The first-order valence-corrected chi connectivity index (χ1v) is 11.3. The summed E-state index contributed by atoms with van der Waals surface area (Å²) in [5.41, 5.74) is 1.88. The summed E-state index contributed by atoms with van der Waals surface area (Å²) in [5.74, 6) is 2.50. The van der Waals surface area contributed by atoms with E-state index in [-0.39, 0.29) is 0 Å². The summed E-state index contributed by atoms with van der Waals surface area (Å²) in [5, 5.41) is 14.6. The van der Waals surface area contributed by atoms with E-state index in [2.05, 4.69) is 33.8 Å². The zero-order chi connectivity index (χ0) is 24.3. The number of rotatable bonds is 14. The lowest BCUT2D eigenvalue weighted by Crippen LogP contribution is -2.33. The Morgan fingerprint density at radius 3 is 2.41 bits per heavy atom. The van der Waals surface area contributed by atoms with Crippen LogP contribution in [0.2, 0.25) is 0 Å². The van der Waals surface area contributed by atoms with Gasteiger partial charge in [0.2, 0.25) is 17.5 Å². The van der Waals surface area contributed by atoms with Crippen LogP contribution < -0.4 is 14.2 Å². The van der Waals surface area contributed by atoms with E-state index in [4.69, 9.17) is 18.7 Å². The van der Waals surface area contributed by atoms with Crippen LogP contribution in [0.3, 0.4) is 0 Å². The van der Waals surface area contributed by atoms with Gasteiger partial charge in [0, 0.05) is 31.6 Å². The van der Waals surface area contributed by atoms with Crippen LogP contribution in [0.5, 0.6) is 17.2 Å². The molecule has 0 radical (unpaired) electrons. The number of aliphatic hydroxyl groups excluding tert-OH is 1. The Kier molecular flexibility index (Phi) is 9.49. The van der Waals surface area contributed by atoms with Crippen molar-refractivity contribution in [2.75, 3.05) is 34.4 Å². The molecule has 0 bridgehead atoms. The summed E-state index contributed by atoms with van der Waals surface area (Å²) in [6.45, 7) is 5.68. The van der Waals surface area contributed by atoms with Gasteiger partial charge in [0.15, 0.2) is 11.5 Å². The van der Waals surface area contributed by atoms with Crippen molar-refractivity contribution in [1.82, 2.24) is 15.0 Å². The second-order valence-corrected chi connectivity index (χ2v) is 7.92. The minimum Gasteiger partial charge on any atom is -0.493 e. The lowest BCUT2D eigenvalue weighted by molar-refractivity contribution is 0.101. The Morgan fingerprint density at radius 1 is 1.09 bits per heavy atom.